The van der Waals surface area contributed by atoms with E-state index in [0.29, 0.717) is 0 Å². The molecule has 1 atom stereocenters. The van der Waals surface area contributed by atoms with E-state index in [4.69, 9.17) is 4.74 Å². The average molecular weight is 358 g/mol. The monoisotopic (exact) mass is 358 g/mol. The van der Waals surface area contributed by atoms with Gasteiger partial charge in [0.15, 0.2) is 0 Å². The highest BCUT2D eigenvalue weighted by molar-refractivity contribution is 5.85. The quantitative estimate of drug-likeness (QED) is 0.786. The van der Waals surface area contributed by atoms with Crippen LogP contribution in [0.25, 0.3) is 0 Å². The summed E-state index contributed by atoms with van der Waals surface area (Å²) < 4.78 is 33.7. The minimum Gasteiger partial charge on any atom is -0.444 e. The number of carbonyl (C=O) groups is 2. The van der Waals surface area contributed by atoms with Crippen molar-refractivity contribution in [3.63, 3.8) is 0 Å². The molecule has 8 heteroatoms. The van der Waals surface area contributed by atoms with E-state index >= 15 is 0 Å². The van der Waals surface area contributed by atoms with Gasteiger partial charge in [0.05, 0.1) is 6.61 Å². The standard InChI is InChI=1S/C17H24F2N2O4/c1-11-5-7-12(8-6-11)9-20-14(22)13(10-24-15(18)19)21-16(23)25-17(2,3)4/h5-8,13,15H,9-10H2,1-4H3,(H,20,22)(H,21,23)/t13-/m1/s1. The number of ether oxygens (including phenoxy) is 2. The third-order valence-corrected chi connectivity index (χ3v) is 2.98. The summed E-state index contributed by atoms with van der Waals surface area (Å²) in [5.74, 6) is -0.646. The Morgan fingerprint density at radius 1 is 1.16 bits per heavy atom. The molecule has 0 spiro atoms. The van der Waals surface area contributed by atoms with Gasteiger partial charge >= 0.3 is 12.7 Å². The van der Waals surface area contributed by atoms with Crippen molar-refractivity contribution >= 4 is 12.0 Å². The molecular formula is C17H24F2N2O4. The summed E-state index contributed by atoms with van der Waals surface area (Å²) in [4.78, 5) is 24.0. The molecular weight excluding hydrogens is 334 g/mol. The van der Waals surface area contributed by atoms with Crippen molar-refractivity contribution in [1.82, 2.24) is 10.6 Å². The van der Waals surface area contributed by atoms with E-state index in [9.17, 15) is 18.4 Å². The second kappa shape index (κ2) is 9.31. The fourth-order valence-corrected chi connectivity index (χ4v) is 1.82. The van der Waals surface area contributed by atoms with Crippen LogP contribution in [0.4, 0.5) is 13.6 Å². The van der Waals surface area contributed by atoms with Gasteiger partial charge in [0.1, 0.15) is 11.6 Å². The van der Waals surface area contributed by atoms with Gasteiger partial charge in [0.2, 0.25) is 5.91 Å². The van der Waals surface area contributed by atoms with Crippen LogP contribution in [0.1, 0.15) is 31.9 Å². The van der Waals surface area contributed by atoms with Crippen LogP contribution in [0.3, 0.4) is 0 Å². The Morgan fingerprint density at radius 3 is 2.28 bits per heavy atom. The number of benzene rings is 1. The lowest BCUT2D eigenvalue weighted by molar-refractivity contribution is -0.143. The van der Waals surface area contributed by atoms with Crippen LogP contribution < -0.4 is 10.6 Å². The second-order valence-electron chi connectivity index (χ2n) is 6.50. The van der Waals surface area contributed by atoms with Crippen molar-refractivity contribution in [2.45, 2.75) is 52.5 Å². The number of alkyl carbamates (subject to hydrolysis) is 1. The largest absolute Gasteiger partial charge is 0.444 e. The van der Waals surface area contributed by atoms with Gasteiger partial charge in [0.25, 0.3) is 0 Å². The molecule has 140 valence electrons. The van der Waals surface area contributed by atoms with E-state index in [0.717, 1.165) is 11.1 Å². The summed E-state index contributed by atoms with van der Waals surface area (Å²) >= 11 is 0. The molecule has 0 saturated carbocycles. The summed E-state index contributed by atoms with van der Waals surface area (Å²) in [5, 5.41) is 4.82. The van der Waals surface area contributed by atoms with E-state index in [-0.39, 0.29) is 6.54 Å². The molecule has 0 heterocycles. The summed E-state index contributed by atoms with van der Waals surface area (Å²) in [7, 11) is 0. The summed E-state index contributed by atoms with van der Waals surface area (Å²) in [6.45, 7) is 3.35. The smallest absolute Gasteiger partial charge is 0.408 e. The molecule has 1 aromatic rings. The number of aryl methyl sites for hydroxylation is 1. The molecule has 6 nitrogen and oxygen atoms in total. The van der Waals surface area contributed by atoms with Crippen LogP contribution in [-0.2, 0) is 20.8 Å². The molecule has 0 radical (unpaired) electrons. The normalized spacial score (nSPS) is 12.6. The third-order valence-electron chi connectivity index (χ3n) is 2.98. The highest BCUT2D eigenvalue weighted by Gasteiger charge is 2.25. The fourth-order valence-electron chi connectivity index (χ4n) is 1.82. The van der Waals surface area contributed by atoms with Crippen molar-refractivity contribution in [3.05, 3.63) is 35.4 Å². The first kappa shape index (κ1) is 20.8. The Balaban J connectivity index is 2.64. The SMILES string of the molecule is Cc1ccc(CNC(=O)[C@@H](COC(F)F)NC(=O)OC(C)(C)C)cc1. The highest BCUT2D eigenvalue weighted by atomic mass is 19.3. The van der Waals surface area contributed by atoms with E-state index < -0.39 is 36.9 Å². The lowest BCUT2D eigenvalue weighted by Crippen LogP contribution is -2.50. The first-order chi connectivity index (χ1) is 11.6. The maximum atomic E-state index is 12.3. The molecule has 0 aliphatic carbocycles. The van der Waals surface area contributed by atoms with E-state index in [1.807, 2.05) is 31.2 Å². The summed E-state index contributed by atoms with van der Waals surface area (Å²) in [6.07, 6.45) is -0.888. The number of alkyl halides is 2. The van der Waals surface area contributed by atoms with Gasteiger partial charge in [-0.2, -0.15) is 8.78 Å². The zero-order chi connectivity index (χ0) is 19.0. The van der Waals surface area contributed by atoms with Crippen molar-refractivity contribution in [3.8, 4) is 0 Å². The molecule has 2 amide bonds. The van der Waals surface area contributed by atoms with E-state index in [1.54, 1.807) is 20.8 Å². The number of amides is 2. The number of hydrogen-bond donors (Lipinski definition) is 2. The Bertz CT molecular complexity index is 571. The number of halogens is 2. The van der Waals surface area contributed by atoms with Crippen LogP contribution in [0.15, 0.2) is 24.3 Å². The molecule has 0 fully saturated rings. The van der Waals surface area contributed by atoms with E-state index in [2.05, 4.69) is 15.4 Å². The molecule has 1 rings (SSSR count). The summed E-state index contributed by atoms with van der Waals surface area (Å²) in [5.41, 5.74) is 1.13. The number of rotatable bonds is 7. The third kappa shape index (κ3) is 8.99. The number of carbonyl (C=O) groups excluding carboxylic acids is 2. The van der Waals surface area contributed by atoms with Crippen LogP contribution in [0.2, 0.25) is 0 Å². The highest BCUT2D eigenvalue weighted by Crippen LogP contribution is 2.07. The van der Waals surface area contributed by atoms with Crippen LogP contribution >= 0.6 is 0 Å². The second-order valence-corrected chi connectivity index (χ2v) is 6.50. The maximum Gasteiger partial charge on any atom is 0.408 e. The molecule has 0 saturated heterocycles. The van der Waals surface area contributed by atoms with E-state index in [1.165, 1.54) is 0 Å². The van der Waals surface area contributed by atoms with Gasteiger partial charge in [-0.15, -0.1) is 0 Å². The molecule has 25 heavy (non-hydrogen) atoms. The van der Waals surface area contributed by atoms with Gasteiger partial charge in [-0.05, 0) is 33.3 Å². The van der Waals surface area contributed by atoms with Crippen molar-refractivity contribution in [1.29, 1.82) is 0 Å². The van der Waals surface area contributed by atoms with Crippen molar-refractivity contribution < 1.29 is 27.8 Å². The molecule has 0 aromatic heterocycles. The van der Waals surface area contributed by atoms with Gasteiger partial charge in [0, 0.05) is 6.54 Å². The maximum absolute atomic E-state index is 12.3. The number of hydrogen-bond acceptors (Lipinski definition) is 4. The molecule has 1 aromatic carbocycles. The van der Waals surface area contributed by atoms with Crippen molar-refractivity contribution in [2.75, 3.05) is 6.61 Å². The average Bonchev–Trinajstić information content (AvgIpc) is 2.48. The Morgan fingerprint density at radius 2 is 1.76 bits per heavy atom. The lowest BCUT2D eigenvalue weighted by Gasteiger charge is -2.23. The molecule has 0 unspecified atom stereocenters. The predicted molar refractivity (Wildman–Crippen MR) is 88.1 cm³/mol. The Kier molecular flexibility index (Phi) is 7.76. The Hall–Kier alpha value is -2.22. The zero-order valence-corrected chi connectivity index (χ0v) is 14.8. The first-order valence-corrected chi connectivity index (χ1v) is 7.79. The molecule has 0 bridgehead atoms. The van der Waals surface area contributed by atoms with Gasteiger partial charge in [-0.25, -0.2) is 4.79 Å². The van der Waals surface area contributed by atoms with Gasteiger partial charge < -0.3 is 20.1 Å². The number of nitrogens with one attached hydrogen (secondary N) is 2. The predicted octanol–water partition coefficient (Wildman–Crippen LogP) is 2.74. The lowest BCUT2D eigenvalue weighted by atomic mass is 10.1. The minimum absolute atomic E-state index is 0.195. The summed E-state index contributed by atoms with van der Waals surface area (Å²) in [6, 6.07) is 6.15. The molecule has 0 aliphatic rings. The van der Waals surface area contributed by atoms with Crippen LogP contribution in [0, 0.1) is 6.92 Å². The molecule has 0 aliphatic heterocycles. The first-order valence-electron chi connectivity index (χ1n) is 7.79. The Labute approximate surface area is 145 Å². The van der Waals surface area contributed by atoms with Crippen LogP contribution in [-0.4, -0.2) is 36.9 Å². The fraction of sp³-hybridized carbons (Fsp3) is 0.529. The van der Waals surface area contributed by atoms with Crippen molar-refractivity contribution in [2.24, 2.45) is 0 Å². The molecule has 2 N–H and O–H groups in total. The topological polar surface area (TPSA) is 76.7 Å². The van der Waals surface area contributed by atoms with Gasteiger partial charge in [-0.1, -0.05) is 29.8 Å². The van der Waals surface area contributed by atoms with Crippen LogP contribution in [0.5, 0.6) is 0 Å². The van der Waals surface area contributed by atoms with Gasteiger partial charge in [-0.3, -0.25) is 4.79 Å². The minimum atomic E-state index is -3.05. The zero-order valence-electron chi connectivity index (χ0n) is 14.8.